The van der Waals surface area contributed by atoms with Gasteiger partial charge in [0.1, 0.15) is 0 Å². The zero-order chi connectivity index (χ0) is 30.2. The van der Waals surface area contributed by atoms with Crippen molar-refractivity contribution in [1.29, 1.82) is 0 Å². The summed E-state index contributed by atoms with van der Waals surface area (Å²) in [4.78, 5) is 0. The van der Waals surface area contributed by atoms with Gasteiger partial charge in [-0.3, -0.25) is 0 Å². The minimum atomic E-state index is 0.868. The van der Waals surface area contributed by atoms with Crippen molar-refractivity contribution in [3.05, 3.63) is 23.3 Å². The summed E-state index contributed by atoms with van der Waals surface area (Å²) in [5.74, 6) is 5.37. The van der Waals surface area contributed by atoms with Gasteiger partial charge in [-0.15, -0.1) is 0 Å². The Morgan fingerprint density at radius 1 is 0.375 bits per heavy atom. The molecule has 0 nitrogen and oxygen atoms in total. The molecule has 40 heavy (non-hydrogen) atoms. The van der Waals surface area contributed by atoms with E-state index < -0.39 is 0 Å². The minimum absolute atomic E-state index is 0.868. The predicted molar refractivity (Wildman–Crippen MR) is 186 cm³/mol. The summed E-state index contributed by atoms with van der Waals surface area (Å²) in [5.41, 5.74) is 3.22. The monoisotopic (exact) mass is 559 g/mol. The van der Waals surface area contributed by atoms with Gasteiger partial charge in [0, 0.05) is 0 Å². The smallest absolute Gasteiger partial charge is 0.0313 e. The number of hydrogen-bond donors (Lipinski definition) is 0. The standard InChI is InChI=1S/C40H78/c1-33(2)19-13-23-37(7)27-17-31-39(9)29-15-25-35(5)21-11-12-22-36(6)26-16-30-40(10)32-18-28-38(8)24-14-20-34(3)4/h21-22,33-34,37-40H,11-20,23-32H2,1-10H3/t37-,38-,39+,40+/m1/s1. The average molecular weight is 559 g/mol. The van der Waals surface area contributed by atoms with Gasteiger partial charge in [0.05, 0.1) is 0 Å². The zero-order valence-corrected chi connectivity index (χ0v) is 29.8. The Balaban J connectivity index is 3.81. The molecule has 0 radical (unpaired) electrons. The zero-order valence-electron chi connectivity index (χ0n) is 29.8. The van der Waals surface area contributed by atoms with Gasteiger partial charge in [0.2, 0.25) is 0 Å². The van der Waals surface area contributed by atoms with Crippen LogP contribution in [0.15, 0.2) is 23.3 Å². The summed E-state index contributed by atoms with van der Waals surface area (Å²) in [5, 5.41) is 0. The van der Waals surface area contributed by atoms with Gasteiger partial charge >= 0.3 is 0 Å². The van der Waals surface area contributed by atoms with E-state index in [0.29, 0.717) is 0 Å². The molecule has 0 aliphatic carbocycles. The quantitative estimate of drug-likeness (QED) is 0.0694. The largest absolute Gasteiger partial charge is 0.0853 e. The van der Waals surface area contributed by atoms with Crippen LogP contribution in [0.4, 0.5) is 0 Å². The summed E-state index contributed by atoms with van der Waals surface area (Å²) >= 11 is 0. The van der Waals surface area contributed by atoms with Crippen LogP contribution in [0.5, 0.6) is 0 Å². The Morgan fingerprint density at radius 3 is 0.900 bits per heavy atom. The van der Waals surface area contributed by atoms with Crippen molar-refractivity contribution in [2.24, 2.45) is 35.5 Å². The molecule has 0 aliphatic heterocycles. The normalized spacial score (nSPS) is 16.1. The highest BCUT2D eigenvalue weighted by atomic mass is 14.1. The second-order valence-corrected chi connectivity index (χ2v) is 15.4. The third-order valence-electron chi connectivity index (χ3n) is 9.43. The van der Waals surface area contributed by atoms with Crippen LogP contribution in [0.1, 0.15) is 198 Å². The van der Waals surface area contributed by atoms with Crippen LogP contribution >= 0.6 is 0 Å². The number of rotatable bonds is 27. The number of hydrogen-bond acceptors (Lipinski definition) is 0. The highest BCUT2D eigenvalue weighted by molar-refractivity contribution is 5.02. The topological polar surface area (TPSA) is 0 Å². The van der Waals surface area contributed by atoms with E-state index in [1.54, 1.807) is 11.1 Å². The molecule has 0 N–H and O–H groups in total. The second-order valence-electron chi connectivity index (χ2n) is 15.4. The first kappa shape index (κ1) is 39.5. The van der Waals surface area contributed by atoms with Crippen molar-refractivity contribution >= 4 is 0 Å². The van der Waals surface area contributed by atoms with Crippen LogP contribution < -0.4 is 0 Å². The first-order valence-corrected chi connectivity index (χ1v) is 18.3. The van der Waals surface area contributed by atoms with E-state index in [1.807, 2.05) is 0 Å². The Bertz CT molecular complexity index is 552. The lowest BCUT2D eigenvalue weighted by Crippen LogP contribution is -2.00. The minimum Gasteiger partial charge on any atom is -0.0853 e. The molecule has 0 bridgehead atoms. The maximum atomic E-state index is 2.51. The number of allylic oxidation sites excluding steroid dienone is 4. The maximum Gasteiger partial charge on any atom is -0.0313 e. The summed E-state index contributed by atoms with van der Waals surface area (Å²) in [6, 6.07) is 0. The van der Waals surface area contributed by atoms with E-state index in [2.05, 4.69) is 81.4 Å². The third-order valence-corrected chi connectivity index (χ3v) is 9.43. The molecule has 0 rings (SSSR count). The Labute approximate surface area is 256 Å². The average Bonchev–Trinajstić information content (AvgIpc) is 2.86. The van der Waals surface area contributed by atoms with Gasteiger partial charge in [-0.25, -0.2) is 0 Å². The van der Waals surface area contributed by atoms with Gasteiger partial charge in [0.15, 0.2) is 0 Å². The summed E-state index contributed by atoms with van der Waals surface area (Å²) in [7, 11) is 0. The van der Waals surface area contributed by atoms with Gasteiger partial charge in [0.25, 0.3) is 0 Å². The molecule has 0 aromatic rings. The molecule has 0 aliphatic rings. The molecular weight excluding hydrogens is 480 g/mol. The molecule has 0 heterocycles. The fourth-order valence-electron chi connectivity index (χ4n) is 6.28. The molecule has 0 aromatic carbocycles. The highest BCUT2D eigenvalue weighted by Gasteiger charge is 2.08. The van der Waals surface area contributed by atoms with E-state index in [4.69, 9.17) is 0 Å². The predicted octanol–water partition coefficient (Wildman–Crippen LogP) is 14.5. The molecule has 238 valence electrons. The molecule has 0 heteroatoms. The van der Waals surface area contributed by atoms with E-state index in [0.717, 1.165) is 35.5 Å². The SMILES string of the molecule is CC(=CCCC=C(C)CCC[C@H](C)CCC[C@H](C)CCCC(C)C)CCC[C@H](C)CCC[C@H](C)CCCC(C)C. The fraction of sp³-hybridized carbons (Fsp3) is 0.900. The second kappa shape index (κ2) is 26.1. The maximum absolute atomic E-state index is 2.51. The molecule has 0 saturated carbocycles. The Hall–Kier alpha value is -0.520. The molecular formula is C40H78. The fourth-order valence-corrected chi connectivity index (χ4v) is 6.28. The first-order valence-electron chi connectivity index (χ1n) is 18.3. The molecule has 0 saturated heterocycles. The lowest BCUT2D eigenvalue weighted by atomic mass is 9.91. The van der Waals surface area contributed by atoms with Crippen molar-refractivity contribution in [2.45, 2.75) is 198 Å². The highest BCUT2D eigenvalue weighted by Crippen LogP contribution is 2.24. The van der Waals surface area contributed by atoms with Gasteiger partial charge < -0.3 is 0 Å². The molecule has 0 amide bonds. The van der Waals surface area contributed by atoms with Gasteiger partial charge in [-0.05, 0) is 87.9 Å². The van der Waals surface area contributed by atoms with Gasteiger partial charge in [-0.2, -0.15) is 0 Å². The van der Waals surface area contributed by atoms with Crippen LogP contribution in [0.2, 0.25) is 0 Å². The molecule has 0 fully saturated rings. The van der Waals surface area contributed by atoms with Crippen LogP contribution in [-0.4, -0.2) is 0 Å². The molecule has 0 aromatic heterocycles. The van der Waals surface area contributed by atoms with E-state index in [1.165, 1.54) is 128 Å². The molecule has 0 unspecified atom stereocenters. The van der Waals surface area contributed by atoms with Crippen molar-refractivity contribution in [3.8, 4) is 0 Å². The summed E-state index contributed by atoms with van der Waals surface area (Å²) < 4.78 is 0. The van der Waals surface area contributed by atoms with E-state index in [-0.39, 0.29) is 0 Å². The van der Waals surface area contributed by atoms with Crippen molar-refractivity contribution in [1.82, 2.24) is 0 Å². The number of unbranched alkanes of at least 4 members (excludes halogenated alkanes) is 1. The van der Waals surface area contributed by atoms with Crippen molar-refractivity contribution < 1.29 is 0 Å². The molecule has 4 atom stereocenters. The van der Waals surface area contributed by atoms with E-state index in [9.17, 15) is 0 Å². The lowest BCUT2D eigenvalue weighted by Gasteiger charge is -2.15. The first-order chi connectivity index (χ1) is 19.0. The van der Waals surface area contributed by atoms with Crippen molar-refractivity contribution in [2.75, 3.05) is 0 Å². The summed E-state index contributed by atoms with van der Waals surface area (Å²) in [6.07, 6.45) is 32.7. The van der Waals surface area contributed by atoms with Crippen LogP contribution in [0.3, 0.4) is 0 Å². The van der Waals surface area contributed by atoms with Crippen LogP contribution in [-0.2, 0) is 0 Å². The van der Waals surface area contributed by atoms with E-state index >= 15 is 0 Å². The van der Waals surface area contributed by atoms with Crippen LogP contribution in [0, 0.1) is 35.5 Å². The Kier molecular flexibility index (Phi) is 25.8. The van der Waals surface area contributed by atoms with Crippen LogP contribution in [0.25, 0.3) is 0 Å². The third kappa shape index (κ3) is 27.6. The Morgan fingerprint density at radius 2 is 0.625 bits per heavy atom. The molecule has 0 spiro atoms. The summed E-state index contributed by atoms with van der Waals surface area (Å²) in [6.45, 7) is 24.0. The van der Waals surface area contributed by atoms with Gasteiger partial charge in [-0.1, -0.05) is 169 Å². The lowest BCUT2D eigenvalue weighted by molar-refractivity contribution is 0.389. The van der Waals surface area contributed by atoms with Crippen molar-refractivity contribution in [3.63, 3.8) is 0 Å².